The lowest BCUT2D eigenvalue weighted by molar-refractivity contribution is 0.112. The molecule has 1 aliphatic rings. The van der Waals surface area contributed by atoms with E-state index in [1.54, 1.807) is 0 Å². The predicted molar refractivity (Wildman–Crippen MR) is 80.3 cm³/mol. The molecule has 0 aliphatic heterocycles. The second-order valence-electron chi connectivity index (χ2n) is 6.37. The zero-order valence-electron chi connectivity index (χ0n) is 12.5. The quantitative estimate of drug-likeness (QED) is 0.877. The highest BCUT2D eigenvalue weighted by Gasteiger charge is 2.36. The van der Waals surface area contributed by atoms with Gasteiger partial charge in [-0.05, 0) is 48.8 Å². The predicted octanol–water partition coefficient (Wildman–Crippen LogP) is 4.30. The van der Waals surface area contributed by atoms with E-state index in [0.29, 0.717) is 17.9 Å². The van der Waals surface area contributed by atoms with E-state index in [2.05, 4.69) is 26.0 Å². The lowest BCUT2D eigenvalue weighted by Gasteiger charge is -2.42. The molecule has 1 saturated carbocycles. The Morgan fingerprint density at radius 3 is 2.53 bits per heavy atom. The Morgan fingerprint density at radius 2 is 1.95 bits per heavy atom. The first-order valence-electron chi connectivity index (χ1n) is 7.53. The number of ether oxygens (including phenoxy) is 1. The first kappa shape index (κ1) is 14.4. The fraction of sp³-hybridized carbons (Fsp3) is 0.647. The molecule has 1 aromatic rings. The molecule has 0 aromatic heterocycles. The Balaban J connectivity index is 2.11. The monoisotopic (exact) mass is 261 g/mol. The average molecular weight is 261 g/mol. The van der Waals surface area contributed by atoms with Crippen LogP contribution in [0, 0.1) is 11.3 Å². The molecular formula is C17H27NO. The molecule has 2 nitrogen and oxygen atoms in total. The van der Waals surface area contributed by atoms with Crippen molar-refractivity contribution in [2.45, 2.75) is 52.5 Å². The summed E-state index contributed by atoms with van der Waals surface area (Å²) in [6.45, 7) is 7.45. The maximum Gasteiger partial charge on any atom is 0.119 e. The Labute approximate surface area is 117 Å². The Bertz CT molecular complexity index is 396. The molecule has 0 bridgehead atoms. The summed E-state index contributed by atoms with van der Waals surface area (Å²) in [5.74, 6) is 1.51. The van der Waals surface area contributed by atoms with Crippen LogP contribution in [0.4, 0.5) is 0 Å². The summed E-state index contributed by atoms with van der Waals surface area (Å²) in [6, 6.07) is 8.47. The van der Waals surface area contributed by atoms with Gasteiger partial charge in [-0.15, -0.1) is 0 Å². The molecule has 2 atom stereocenters. The smallest absolute Gasteiger partial charge is 0.119 e. The van der Waals surface area contributed by atoms with E-state index in [1.807, 2.05) is 19.1 Å². The van der Waals surface area contributed by atoms with E-state index in [-0.39, 0.29) is 6.04 Å². The summed E-state index contributed by atoms with van der Waals surface area (Å²) in [6.07, 6.45) is 5.21. The van der Waals surface area contributed by atoms with E-state index in [4.69, 9.17) is 10.5 Å². The first-order valence-corrected chi connectivity index (χ1v) is 7.53. The van der Waals surface area contributed by atoms with Gasteiger partial charge in [0.05, 0.1) is 6.61 Å². The maximum atomic E-state index is 6.53. The van der Waals surface area contributed by atoms with E-state index in [0.717, 1.165) is 5.75 Å². The highest BCUT2D eigenvalue weighted by molar-refractivity contribution is 5.29. The molecule has 2 unspecified atom stereocenters. The average Bonchev–Trinajstić information content (AvgIpc) is 2.39. The van der Waals surface area contributed by atoms with Crippen LogP contribution >= 0.6 is 0 Å². The van der Waals surface area contributed by atoms with Crippen LogP contribution in [0.15, 0.2) is 24.3 Å². The number of benzene rings is 1. The van der Waals surface area contributed by atoms with Gasteiger partial charge in [0.25, 0.3) is 0 Å². The molecule has 1 aromatic carbocycles. The van der Waals surface area contributed by atoms with Crippen LogP contribution in [0.3, 0.4) is 0 Å². The third-order valence-electron chi connectivity index (χ3n) is 4.60. The van der Waals surface area contributed by atoms with Crippen molar-refractivity contribution in [1.29, 1.82) is 0 Å². The third kappa shape index (κ3) is 3.30. The summed E-state index contributed by atoms with van der Waals surface area (Å²) in [4.78, 5) is 0. The number of hydrogen-bond acceptors (Lipinski definition) is 2. The van der Waals surface area contributed by atoms with Crippen LogP contribution in [0.1, 0.15) is 58.1 Å². The minimum Gasteiger partial charge on any atom is -0.494 e. The van der Waals surface area contributed by atoms with E-state index in [1.165, 1.54) is 31.2 Å². The van der Waals surface area contributed by atoms with Crippen LogP contribution in [0.2, 0.25) is 0 Å². The molecule has 2 N–H and O–H groups in total. The minimum atomic E-state index is 0.144. The molecular weight excluding hydrogens is 234 g/mol. The summed E-state index contributed by atoms with van der Waals surface area (Å²) in [5.41, 5.74) is 8.13. The lowest BCUT2D eigenvalue weighted by Crippen LogP contribution is -2.36. The standard InChI is InChI=1S/C17H27NO/c1-4-19-14-10-8-13(9-11-14)16(18)15-7-5-6-12-17(15,2)3/h8-11,15-16H,4-7,12,18H2,1-3H3. The van der Waals surface area contributed by atoms with Gasteiger partial charge in [-0.1, -0.05) is 38.8 Å². The second kappa shape index (κ2) is 5.96. The summed E-state index contributed by atoms with van der Waals surface area (Å²) >= 11 is 0. The molecule has 0 spiro atoms. The maximum absolute atomic E-state index is 6.53. The van der Waals surface area contributed by atoms with Gasteiger partial charge in [-0.3, -0.25) is 0 Å². The fourth-order valence-electron chi connectivity index (χ4n) is 3.37. The Morgan fingerprint density at radius 1 is 1.26 bits per heavy atom. The highest BCUT2D eigenvalue weighted by Crippen LogP contribution is 2.45. The van der Waals surface area contributed by atoms with Crippen molar-refractivity contribution in [2.75, 3.05) is 6.61 Å². The molecule has 0 heterocycles. The topological polar surface area (TPSA) is 35.2 Å². The van der Waals surface area contributed by atoms with E-state index < -0.39 is 0 Å². The van der Waals surface area contributed by atoms with Crippen molar-refractivity contribution in [2.24, 2.45) is 17.1 Å². The van der Waals surface area contributed by atoms with Gasteiger partial charge in [-0.2, -0.15) is 0 Å². The van der Waals surface area contributed by atoms with Gasteiger partial charge in [0.15, 0.2) is 0 Å². The van der Waals surface area contributed by atoms with Crippen LogP contribution in [0.5, 0.6) is 5.75 Å². The molecule has 2 rings (SSSR count). The summed E-state index contributed by atoms with van der Waals surface area (Å²) in [5, 5.41) is 0. The molecule has 0 amide bonds. The van der Waals surface area contributed by atoms with Crippen molar-refractivity contribution < 1.29 is 4.74 Å². The van der Waals surface area contributed by atoms with Gasteiger partial charge in [0, 0.05) is 6.04 Å². The summed E-state index contributed by atoms with van der Waals surface area (Å²) in [7, 11) is 0. The molecule has 0 radical (unpaired) electrons. The lowest BCUT2D eigenvalue weighted by atomic mass is 9.65. The third-order valence-corrected chi connectivity index (χ3v) is 4.60. The zero-order valence-corrected chi connectivity index (χ0v) is 12.5. The number of nitrogens with two attached hydrogens (primary N) is 1. The van der Waals surface area contributed by atoms with Crippen molar-refractivity contribution in [3.05, 3.63) is 29.8 Å². The van der Waals surface area contributed by atoms with Crippen LogP contribution in [-0.2, 0) is 0 Å². The highest BCUT2D eigenvalue weighted by atomic mass is 16.5. The number of rotatable bonds is 4. The van der Waals surface area contributed by atoms with Gasteiger partial charge in [-0.25, -0.2) is 0 Å². The van der Waals surface area contributed by atoms with Crippen LogP contribution in [0.25, 0.3) is 0 Å². The van der Waals surface area contributed by atoms with Gasteiger partial charge in [0.1, 0.15) is 5.75 Å². The van der Waals surface area contributed by atoms with Gasteiger partial charge in [0.2, 0.25) is 0 Å². The molecule has 19 heavy (non-hydrogen) atoms. The molecule has 2 heteroatoms. The van der Waals surface area contributed by atoms with Crippen molar-refractivity contribution >= 4 is 0 Å². The summed E-state index contributed by atoms with van der Waals surface area (Å²) < 4.78 is 5.49. The number of hydrogen-bond donors (Lipinski definition) is 1. The van der Waals surface area contributed by atoms with Crippen LogP contribution < -0.4 is 10.5 Å². The zero-order chi connectivity index (χ0) is 13.9. The van der Waals surface area contributed by atoms with E-state index >= 15 is 0 Å². The minimum absolute atomic E-state index is 0.144. The van der Waals surface area contributed by atoms with E-state index in [9.17, 15) is 0 Å². The van der Waals surface area contributed by atoms with Crippen LogP contribution in [-0.4, -0.2) is 6.61 Å². The Hall–Kier alpha value is -1.02. The second-order valence-corrected chi connectivity index (χ2v) is 6.37. The molecule has 1 fully saturated rings. The van der Waals surface area contributed by atoms with Gasteiger partial charge >= 0.3 is 0 Å². The van der Waals surface area contributed by atoms with Crippen molar-refractivity contribution in [1.82, 2.24) is 0 Å². The van der Waals surface area contributed by atoms with Crippen molar-refractivity contribution in [3.63, 3.8) is 0 Å². The molecule has 106 valence electrons. The van der Waals surface area contributed by atoms with Crippen molar-refractivity contribution in [3.8, 4) is 5.75 Å². The SMILES string of the molecule is CCOc1ccc(C(N)C2CCCCC2(C)C)cc1. The fourth-order valence-corrected chi connectivity index (χ4v) is 3.37. The molecule has 1 aliphatic carbocycles. The normalized spacial score (nSPS) is 23.9. The Kier molecular flexibility index (Phi) is 4.51. The van der Waals surface area contributed by atoms with Gasteiger partial charge < -0.3 is 10.5 Å². The first-order chi connectivity index (χ1) is 9.04. The molecule has 0 saturated heterocycles. The largest absolute Gasteiger partial charge is 0.494 e.